The quantitative estimate of drug-likeness (QED) is 0.511. The van der Waals surface area contributed by atoms with Crippen LogP contribution in [0.15, 0.2) is 41.3 Å². The summed E-state index contributed by atoms with van der Waals surface area (Å²) in [5.41, 5.74) is 1.63. The third-order valence-electron chi connectivity index (χ3n) is 4.54. The van der Waals surface area contributed by atoms with Gasteiger partial charge >= 0.3 is 5.97 Å². The Morgan fingerprint density at radius 2 is 1.66 bits per heavy atom. The van der Waals surface area contributed by atoms with E-state index in [0.717, 1.165) is 11.8 Å². The lowest BCUT2D eigenvalue weighted by atomic mass is 10.1. The second kappa shape index (κ2) is 11.5. The van der Waals surface area contributed by atoms with Gasteiger partial charge in [0.1, 0.15) is 0 Å². The van der Waals surface area contributed by atoms with Gasteiger partial charge in [-0.3, -0.25) is 4.79 Å². The molecule has 0 unspecified atom stereocenters. The van der Waals surface area contributed by atoms with E-state index in [2.05, 4.69) is 5.32 Å². The van der Waals surface area contributed by atoms with Crippen LogP contribution in [0.2, 0.25) is 0 Å². The molecule has 8 nitrogen and oxygen atoms in total. The molecule has 0 spiro atoms. The maximum Gasteiger partial charge on any atom is 0.338 e. The molecule has 0 radical (unpaired) electrons. The fourth-order valence-corrected chi connectivity index (χ4v) is 3.56. The van der Waals surface area contributed by atoms with Crippen molar-refractivity contribution < 1.29 is 32.2 Å². The molecule has 0 bridgehead atoms. The highest BCUT2D eigenvalue weighted by atomic mass is 32.2. The van der Waals surface area contributed by atoms with Gasteiger partial charge in [0, 0.05) is 12.8 Å². The van der Waals surface area contributed by atoms with E-state index in [1.165, 1.54) is 18.2 Å². The lowest BCUT2D eigenvalue weighted by Gasteiger charge is -2.13. The molecule has 0 aromatic heterocycles. The molecule has 0 saturated heterocycles. The topological polar surface area (TPSA) is 108 Å². The molecule has 2 rings (SSSR count). The second-order valence-corrected chi connectivity index (χ2v) is 9.09. The smallest absolute Gasteiger partial charge is 0.338 e. The summed E-state index contributed by atoms with van der Waals surface area (Å²) in [5, 5.41) is 2.70. The van der Waals surface area contributed by atoms with E-state index in [0.29, 0.717) is 43.2 Å². The summed E-state index contributed by atoms with van der Waals surface area (Å²) >= 11 is 0. The molecule has 0 fully saturated rings. The number of ether oxygens (including phenoxy) is 3. The summed E-state index contributed by atoms with van der Waals surface area (Å²) in [6, 6.07) is 9.81. The van der Waals surface area contributed by atoms with Gasteiger partial charge in [0.05, 0.1) is 23.7 Å². The van der Waals surface area contributed by atoms with Crippen molar-refractivity contribution in [3.8, 4) is 11.5 Å². The average molecular weight is 464 g/mol. The standard InChI is InChI=1S/C23H29NO7S/c1-5-29-20-10-8-17(13-21(20)30-6-2)11-12-24-22(25)15-31-23(26)19-14-18(32(4,27)28)9-7-16(19)3/h7-10,13-14H,5-6,11-12,15H2,1-4H3,(H,24,25). The molecule has 9 heteroatoms. The van der Waals surface area contributed by atoms with E-state index in [1.807, 2.05) is 32.0 Å². The van der Waals surface area contributed by atoms with Crippen LogP contribution in [0.1, 0.15) is 35.3 Å². The molecular weight excluding hydrogens is 434 g/mol. The van der Waals surface area contributed by atoms with Crippen LogP contribution in [-0.2, 0) is 25.8 Å². The molecule has 1 N–H and O–H groups in total. The largest absolute Gasteiger partial charge is 0.490 e. The Morgan fingerprint density at radius 3 is 2.31 bits per heavy atom. The van der Waals surface area contributed by atoms with E-state index < -0.39 is 28.3 Å². The lowest BCUT2D eigenvalue weighted by molar-refractivity contribution is -0.124. The van der Waals surface area contributed by atoms with Crippen LogP contribution in [0, 0.1) is 6.92 Å². The number of sulfone groups is 1. The molecule has 32 heavy (non-hydrogen) atoms. The van der Waals surface area contributed by atoms with Crippen molar-refractivity contribution in [1.82, 2.24) is 5.32 Å². The van der Waals surface area contributed by atoms with E-state index in [4.69, 9.17) is 14.2 Å². The molecule has 0 saturated carbocycles. The van der Waals surface area contributed by atoms with Gasteiger partial charge in [0.25, 0.3) is 5.91 Å². The van der Waals surface area contributed by atoms with Gasteiger partial charge in [-0.1, -0.05) is 12.1 Å². The van der Waals surface area contributed by atoms with Crippen molar-refractivity contribution in [1.29, 1.82) is 0 Å². The Hall–Kier alpha value is -3.07. The van der Waals surface area contributed by atoms with Gasteiger partial charge in [0.15, 0.2) is 27.9 Å². The molecule has 2 aromatic rings. The number of carbonyl (C=O) groups is 2. The minimum Gasteiger partial charge on any atom is -0.490 e. The number of carbonyl (C=O) groups excluding carboxylic acids is 2. The molecule has 0 aliphatic rings. The predicted octanol–water partition coefficient (Wildman–Crippen LogP) is 2.71. The number of nitrogens with one attached hydrogen (secondary N) is 1. The Bertz CT molecular complexity index is 1060. The van der Waals surface area contributed by atoms with Crippen LogP contribution in [0.3, 0.4) is 0 Å². The maximum absolute atomic E-state index is 12.3. The molecule has 0 aliphatic heterocycles. The lowest BCUT2D eigenvalue weighted by Crippen LogP contribution is -2.30. The van der Waals surface area contributed by atoms with Crippen LogP contribution in [-0.4, -0.2) is 52.9 Å². The molecule has 174 valence electrons. The fourth-order valence-electron chi connectivity index (χ4n) is 2.91. The molecule has 0 aliphatic carbocycles. The molecular formula is C23H29NO7S. The summed E-state index contributed by atoms with van der Waals surface area (Å²) in [7, 11) is -3.46. The highest BCUT2D eigenvalue weighted by molar-refractivity contribution is 7.90. The van der Waals surface area contributed by atoms with Gasteiger partial charge in [-0.15, -0.1) is 0 Å². The fraction of sp³-hybridized carbons (Fsp3) is 0.391. The van der Waals surface area contributed by atoms with Crippen molar-refractivity contribution in [3.63, 3.8) is 0 Å². The summed E-state index contributed by atoms with van der Waals surface area (Å²) in [5.74, 6) is 0.116. The summed E-state index contributed by atoms with van der Waals surface area (Å²) < 4.78 is 39.6. The first-order valence-electron chi connectivity index (χ1n) is 10.3. The van der Waals surface area contributed by atoms with Crippen LogP contribution in [0.25, 0.3) is 0 Å². The number of aryl methyl sites for hydroxylation is 1. The first-order valence-corrected chi connectivity index (χ1v) is 12.2. The highest BCUT2D eigenvalue weighted by Crippen LogP contribution is 2.28. The van der Waals surface area contributed by atoms with Gasteiger partial charge in [0.2, 0.25) is 0 Å². The zero-order valence-corrected chi connectivity index (χ0v) is 19.6. The van der Waals surface area contributed by atoms with Crippen LogP contribution in [0.4, 0.5) is 0 Å². The van der Waals surface area contributed by atoms with Gasteiger partial charge < -0.3 is 19.5 Å². The minimum atomic E-state index is -3.46. The van der Waals surface area contributed by atoms with Crippen molar-refractivity contribution in [2.45, 2.75) is 32.1 Å². The van der Waals surface area contributed by atoms with Crippen molar-refractivity contribution >= 4 is 21.7 Å². The average Bonchev–Trinajstić information content (AvgIpc) is 2.73. The minimum absolute atomic E-state index is 0.0151. The Labute approximate surface area is 188 Å². The zero-order chi connectivity index (χ0) is 23.7. The number of rotatable bonds is 11. The summed E-state index contributed by atoms with van der Waals surface area (Å²) in [6.45, 7) is 6.38. The third-order valence-corrected chi connectivity index (χ3v) is 5.65. The van der Waals surface area contributed by atoms with Crippen molar-refractivity contribution in [2.24, 2.45) is 0 Å². The van der Waals surface area contributed by atoms with Gasteiger partial charge in [-0.05, 0) is 62.6 Å². The first kappa shape index (κ1) is 25.2. The summed E-state index contributed by atoms with van der Waals surface area (Å²) in [6.07, 6.45) is 1.61. The van der Waals surface area contributed by atoms with E-state index in [-0.39, 0.29) is 10.5 Å². The number of esters is 1. The number of hydrogen-bond acceptors (Lipinski definition) is 7. The highest BCUT2D eigenvalue weighted by Gasteiger charge is 2.16. The predicted molar refractivity (Wildman–Crippen MR) is 120 cm³/mol. The van der Waals surface area contributed by atoms with E-state index >= 15 is 0 Å². The Balaban J connectivity index is 1.88. The maximum atomic E-state index is 12.3. The summed E-state index contributed by atoms with van der Waals surface area (Å²) in [4.78, 5) is 24.4. The Kier molecular flexibility index (Phi) is 9.07. The first-order chi connectivity index (χ1) is 15.2. The monoisotopic (exact) mass is 463 g/mol. The molecule has 2 aromatic carbocycles. The number of benzene rings is 2. The van der Waals surface area contributed by atoms with Crippen molar-refractivity contribution in [2.75, 3.05) is 32.6 Å². The number of amides is 1. The normalized spacial score (nSPS) is 11.0. The van der Waals surface area contributed by atoms with Crippen LogP contribution in [0.5, 0.6) is 11.5 Å². The number of hydrogen-bond donors (Lipinski definition) is 1. The van der Waals surface area contributed by atoms with E-state index in [1.54, 1.807) is 6.92 Å². The van der Waals surface area contributed by atoms with Crippen LogP contribution >= 0.6 is 0 Å². The third kappa shape index (κ3) is 7.26. The van der Waals surface area contributed by atoms with Crippen molar-refractivity contribution in [3.05, 3.63) is 53.1 Å². The Morgan fingerprint density at radius 1 is 0.969 bits per heavy atom. The van der Waals surface area contributed by atoms with Gasteiger partial charge in [-0.25, -0.2) is 13.2 Å². The molecule has 0 heterocycles. The molecule has 1 amide bonds. The van der Waals surface area contributed by atoms with E-state index in [9.17, 15) is 18.0 Å². The van der Waals surface area contributed by atoms with Gasteiger partial charge in [-0.2, -0.15) is 0 Å². The second-order valence-electron chi connectivity index (χ2n) is 7.07. The SMILES string of the molecule is CCOc1ccc(CCNC(=O)COC(=O)c2cc(S(C)(=O)=O)ccc2C)cc1OCC. The molecule has 0 atom stereocenters. The zero-order valence-electron chi connectivity index (χ0n) is 18.8. The van der Waals surface area contributed by atoms with Crippen LogP contribution < -0.4 is 14.8 Å².